The summed E-state index contributed by atoms with van der Waals surface area (Å²) in [5.74, 6) is 1.76. The zero-order chi connectivity index (χ0) is 13.3. The minimum absolute atomic E-state index is 0.0117. The quantitative estimate of drug-likeness (QED) is 0.904. The zero-order valence-corrected chi connectivity index (χ0v) is 12.0. The van der Waals surface area contributed by atoms with Crippen molar-refractivity contribution in [2.24, 2.45) is 11.7 Å². The molecule has 0 saturated heterocycles. The number of nitrogens with zero attached hydrogens (tertiary/aromatic N) is 2. The molecule has 1 aliphatic rings. The molecule has 4 nitrogen and oxygen atoms in total. The Morgan fingerprint density at radius 1 is 1.42 bits per heavy atom. The minimum Gasteiger partial charge on any atom is -0.362 e. The molecule has 5 heteroatoms. The third-order valence-electron chi connectivity index (χ3n) is 4.25. The summed E-state index contributed by atoms with van der Waals surface area (Å²) in [6.07, 6.45) is 6.36. The van der Waals surface area contributed by atoms with Crippen LogP contribution in [0.3, 0.4) is 0 Å². The van der Waals surface area contributed by atoms with Crippen molar-refractivity contribution in [2.75, 3.05) is 11.9 Å². The molecular weight excluding hydrogens is 256 g/mol. The lowest BCUT2D eigenvalue weighted by Crippen LogP contribution is -2.48. The Hall–Kier alpha value is -1.20. The highest BCUT2D eigenvalue weighted by Crippen LogP contribution is 2.35. The van der Waals surface area contributed by atoms with Crippen molar-refractivity contribution in [3.63, 3.8) is 0 Å². The van der Waals surface area contributed by atoms with E-state index in [-0.39, 0.29) is 5.54 Å². The molecule has 0 aromatic carbocycles. The first kappa shape index (κ1) is 12.8. The highest BCUT2D eigenvalue weighted by Gasteiger charge is 2.33. The van der Waals surface area contributed by atoms with Crippen LogP contribution in [-0.4, -0.2) is 22.1 Å². The molecule has 19 heavy (non-hydrogen) atoms. The summed E-state index contributed by atoms with van der Waals surface area (Å²) in [6, 6.07) is 2.03. The number of anilines is 1. The molecule has 0 spiro atoms. The van der Waals surface area contributed by atoms with Crippen molar-refractivity contribution < 1.29 is 0 Å². The highest BCUT2D eigenvalue weighted by atomic mass is 32.1. The smallest absolute Gasteiger partial charge is 0.147 e. The van der Waals surface area contributed by atoms with Gasteiger partial charge in [-0.2, -0.15) is 0 Å². The first-order valence-corrected chi connectivity index (χ1v) is 7.77. The average Bonchev–Trinajstić information content (AvgIpc) is 2.91. The summed E-state index contributed by atoms with van der Waals surface area (Å²) in [5.41, 5.74) is 7.07. The van der Waals surface area contributed by atoms with Crippen molar-refractivity contribution in [1.82, 2.24) is 9.97 Å². The summed E-state index contributed by atoms with van der Waals surface area (Å²) < 4.78 is 1.13. The van der Waals surface area contributed by atoms with Gasteiger partial charge in [0.2, 0.25) is 0 Å². The Balaban J connectivity index is 1.88. The molecule has 3 N–H and O–H groups in total. The van der Waals surface area contributed by atoms with Gasteiger partial charge in [-0.1, -0.05) is 6.92 Å². The van der Waals surface area contributed by atoms with Crippen LogP contribution >= 0.6 is 11.3 Å². The predicted octanol–water partition coefficient (Wildman–Crippen LogP) is 3.01. The molecule has 0 bridgehead atoms. The van der Waals surface area contributed by atoms with E-state index in [0.29, 0.717) is 6.54 Å². The van der Waals surface area contributed by atoms with Crippen LogP contribution in [0, 0.1) is 5.92 Å². The standard InChI is InChI=1S/C14H20N4S/c1-10-2-5-14(8-15,6-3-10)18-13-12-11(4-7-19-12)16-9-17-13/h4,7,9-10H,2-3,5-6,8,15H2,1H3,(H,16,17,18). The SMILES string of the molecule is CC1CCC(CN)(Nc2ncnc3ccsc23)CC1. The second kappa shape index (κ2) is 5.06. The summed E-state index contributed by atoms with van der Waals surface area (Å²) in [6.45, 7) is 2.99. The van der Waals surface area contributed by atoms with Crippen LogP contribution in [0.5, 0.6) is 0 Å². The van der Waals surface area contributed by atoms with Gasteiger partial charge in [-0.25, -0.2) is 9.97 Å². The van der Waals surface area contributed by atoms with Gasteiger partial charge in [0.15, 0.2) is 0 Å². The second-order valence-electron chi connectivity index (χ2n) is 5.65. The van der Waals surface area contributed by atoms with Gasteiger partial charge in [0, 0.05) is 6.54 Å². The van der Waals surface area contributed by atoms with Crippen molar-refractivity contribution >= 4 is 27.4 Å². The Kier molecular flexibility index (Phi) is 3.41. The molecule has 0 aliphatic heterocycles. The van der Waals surface area contributed by atoms with E-state index < -0.39 is 0 Å². The van der Waals surface area contributed by atoms with Crippen molar-refractivity contribution in [3.05, 3.63) is 17.8 Å². The first-order chi connectivity index (χ1) is 9.22. The number of nitrogens with one attached hydrogen (secondary N) is 1. The summed E-state index contributed by atoms with van der Waals surface area (Å²) in [4.78, 5) is 8.70. The maximum atomic E-state index is 6.05. The number of fused-ring (bicyclic) bond motifs is 1. The number of hydrogen-bond acceptors (Lipinski definition) is 5. The van der Waals surface area contributed by atoms with Crippen LogP contribution in [-0.2, 0) is 0 Å². The fourth-order valence-corrected chi connectivity index (χ4v) is 3.61. The molecule has 102 valence electrons. The number of thiophene rings is 1. The zero-order valence-electron chi connectivity index (χ0n) is 11.2. The topological polar surface area (TPSA) is 63.8 Å². The largest absolute Gasteiger partial charge is 0.362 e. The molecule has 0 amide bonds. The maximum Gasteiger partial charge on any atom is 0.147 e. The molecule has 1 saturated carbocycles. The molecule has 2 heterocycles. The van der Waals surface area contributed by atoms with Gasteiger partial charge >= 0.3 is 0 Å². The average molecular weight is 276 g/mol. The van der Waals surface area contributed by atoms with Crippen molar-refractivity contribution in [3.8, 4) is 0 Å². The van der Waals surface area contributed by atoms with Gasteiger partial charge in [-0.3, -0.25) is 0 Å². The van der Waals surface area contributed by atoms with Crippen LogP contribution in [0.2, 0.25) is 0 Å². The molecule has 3 rings (SSSR count). The molecule has 0 radical (unpaired) electrons. The van der Waals surface area contributed by atoms with Crippen LogP contribution < -0.4 is 11.1 Å². The Morgan fingerprint density at radius 3 is 2.95 bits per heavy atom. The van der Waals surface area contributed by atoms with Crippen LogP contribution in [0.15, 0.2) is 17.8 Å². The van der Waals surface area contributed by atoms with E-state index in [4.69, 9.17) is 5.73 Å². The van der Waals surface area contributed by atoms with E-state index in [1.165, 1.54) is 12.8 Å². The third-order valence-corrected chi connectivity index (χ3v) is 5.16. The van der Waals surface area contributed by atoms with E-state index in [2.05, 4.69) is 27.6 Å². The monoisotopic (exact) mass is 276 g/mol. The predicted molar refractivity (Wildman–Crippen MR) is 80.5 cm³/mol. The lowest BCUT2D eigenvalue weighted by atomic mass is 9.77. The second-order valence-corrected chi connectivity index (χ2v) is 6.57. The van der Waals surface area contributed by atoms with E-state index >= 15 is 0 Å². The summed E-state index contributed by atoms with van der Waals surface area (Å²) >= 11 is 1.68. The summed E-state index contributed by atoms with van der Waals surface area (Å²) in [7, 11) is 0. The number of nitrogens with two attached hydrogens (primary N) is 1. The fraction of sp³-hybridized carbons (Fsp3) is 0.571. The van der Waals surface area contributed by atoms with Gasteiger partial charge in [0.25, 0.3) is 0 Å². The lowest BCUT2D eigenvalue weighted by molar-refractivity contribution is 0.271. The maximum absolute atomic E-state index is 6.05. The van der Waals surface area contributed by atoms with E-state index in [1.54, 1.807) is 17.7 Å². The van der Waals surface area contributed by atoms with E-state index in [9.17, 15) is 0 Å². The van der Waals surface area contributed by atoms with Gasteiger partial charge in [-0.05, 0) is 43.0 Å². The van der Waals surface area contributed by atoms with Gasteiger partial charge < -0.3 is 11.1 Å². The first-order valence-electron chi connectivity index (χ1n) is 6.89. The Morgan fingerprint density at radius 2 is 2.21 bits per heavy atom. The van der Waals surface area contributed by atoms with Crippen molar-refractivity contribution in [2.45, 2.75) is 38.1 Å². The highest BCUT2D eigenvalue weighted by molar-refractivity contribution is 7.17. The number of aromatic nitrogens is 2. The van der Waals surface area contributed by atoms with Crippen LogP contribution in [0.25, 0.3) is 10.2 Å². The summed E-state index contributed by atoms with van der Waals surface area (Å²) in [5, 5.41) is 5.69. The van der Waals surface area contributed by atoms with Crippen LogP contribution in [0.1, 0.15) is 32.6 Å². The van der Waals surface area contributed by atoms with E-state index in [1.807, 2.05) is 6.07 Å². The van der Waals surface area contributed by atoms with Crippen molar-refractivity contribution in [1.29, 1.82) is 0 Å². The fourth-order valence-electron chi connectivity index (χ4n) is 2.82. The normalized spacial score (nSPS) is 27.6. The number of hydrogen-bond donors (Lipinski definition) is 2. The molecule has 0 unspecified atom stereocenters. The van der Waals surface area contributed by atoms with Crippen LogP contribution in [0.4, 0.5) is 5.82 Å². The van der Waals surface area contributed by atoms with Gasteiger partial charge in [0.1, 0.15) is 12.1 Å². The minimum atomic E-state index is 0.0117. The molecule has 1 fully saturated rings. The lowest BCUT2D eigenvalue weighted by Gasteiger charge is -2.39. The molecule has 0 atom stereocenters. The van der Waals surface area contributed by atoms with Gasteiger partial charge in [0.05, 0.1) is 15.8 Å². The van der Waals surface area contributed by atoms with Gasteiger partial charge in [-0.15, -0.1) is 11.3 Å². The van der Waals surface area contributed by atoms with E-state index in [0.717, 1.165) is 34.8 Å². The molecule has 2 aromatic rings. The third kappa shape index (κ3) is 2.44. The molecule has 1 aliphatic carbocycles. The Labute approximate surface area is 117 Å². The Bertz CT molecular complexity index is 557. The molecule has 2 aromatic heterocycles. The molecular formula is C14H20N4S. The number of rotatable bonds is 3.